The number of hydrogen-bond acceptors (Lipinski definition) is 5. The number of fused-ring (bicyclic) bond motifs is 1. The Labute approximate surface area is 195 Å². The number of sulfonamides is 1. The van der Waals surface area contributed by atoms with Gasteiger partial charge in [0.05, 0.1) is 10.6 Å². The Balaban J connectivity index is 1.61. The number of hydrogen-bond donors (Lipinski definition) is 2. The van der Waals surface area contributed by atoms with Crippen LogP contribution < -0.4 is 10.1 Å². The van der Waals surface area contributed by atoms with Gasteiger partial charge in [0, 0.05) is 28.3 Å². The molecule has 3 aromatic rings. The van der Waals surface area contributed by atoms with E-state index in [1.807, 2.05) is 0 Å². The molecule has 33 heavy (non-hydrogen) atoms. The molecule has 0 unspecified atom stereocenters. The van der Waals surface area contributed by atoms with Crippen LogP contribution >= 0.6 is 11.6 Å². The molecule has 4 rings (SSSR count). The molecule has 0 saturated heterocycles. The number of furan rings is 1. The summed E-state index contributed by atoms with van der Waals surface area (Å²) >= 11 is 6.13. The van der Waals surface area contributed by atoms with Crippen LogP contribution in [0.1, 0.15) is 45.8 Å². The zero-order chi connectivity index (χ0) is 23.8. The highest BCUT2D eigenvalue weighted by Gasteiger charge is 2.28. The second kappa shape index (κ2) is 8.99. The largest absolute Gasteiger partial charge is 0.455 e. The summed E-state index contributed by atoms with van der Waals surface area (Å²) in [5, 5.41) is 7.46. The molecule has 0 aliphatic heterocycles. The summed E-state index contributed by atoms with van der Waals surface area (Å²) < 4.78 is 44.0. The van der Waals surface area contributed by atoms with Gasteiger partial charge in [0.25, 0.3) is 15.9 Å². The van der Waals surface area contributed by atoms with Crippen LogP contribution in [-0.4, -0.2) is 20.0 Å². The SMILES string of the molecule is Cc1c(Cl)cccc1NC(=O)c1oc2c(c1C)/C(=N/NS(=O)(=O)c1ccc(F)cc1)CCC2. The molecule has 0 atom stereocenters. The first kappa shape index (κ1) is 23.0. The fourth-order valence-corrected chi connectivity index (χ4v) is 4.70. The standard InChI is InChI=1S/C23H21ClFN3O4S/c1-13-17(24)5-3-6-18(13)26-23(29)22-14(2)21-19(7-4-8-20(21)32-22)27-28-33(30,31)16-11-9-15(25)10-12-16/h3,5-6,9-12,28H,4,7-8H2,1-2H3,(H,26,29)/b27-19+. The number of anilines is 1. The minimum absolute atomic E-state index is 0.106. The summed E-state index contributed by atoms with van der Waals surface area (Å²) in [6.07, 6.45) is 1.79. The number of carbonyl (C=O) groups excluding carboxylic acids is 1. The molecule has 1 aromatic heterocycles. The number of hydrazone groups is 1. The van der Waals surface area contributed by atoms with Crippen LogP contribution in [0.3, 0.4) is 0 Å². The predicted molar refractivity (Wildman–Crippen MR) is 124 cm³/mol. The van der Waals surface area contributed by atoms with Gasteiger partial charge >= 0.3 is 0 Å². The Hall–Kier alpha value is -3.17. The third-order valence-corrected chi connectivity index (χ3v) is 7.11. The van der Waals surface area contributed by atoms with E-state index >= 15 is 0 Å². The Morgan fingerprint density at radius 1 is 1.09 bits per heavy atom. The molecule has 1 amide bonds. The molecule has 1 aliphatic carbocycles. The van der Waals surface area contributed by atoms with Gasteiger partial charge in [-0.2, -0.15) is 18.4 Å². The molecule has 1 heterocycles. The highest BCUT2D eigenvalue weighted by molar-refractivity contribution is 7.89. The molecule has 2 aromatic carbocycles. The average molecular weight is 490 g/mol. The molecule has 0 saturated carbocycles. The van der Waals surface area contributed by atoms with E-state index in [9.17, 15) is 17.6 Å². The number of rotatable bonds is 5. The van der Waals surface area contributed by atoms with Crippen molar-refractivity contribution in [3.05, 3.63) is 81.5 Å². The maximum absolute atomic E-state index is 13.1. The molecule has 1 aliphatic rings. The Morgan fingerprint density at radius 2 is 1.82 bits per heavy atom. The first-order chi connectivity index (χ1) is 15.7. The second-order valence-corrected chi connectivity index (χ2v) is 9.75. The number of halogens is 2. The Morgan fingerprint density at radius 3 is 2.55 bits per heavy atom. The zero-order valence-electron chi connectivity index (χ0n) is 17.9. The highest BCUT2D eigenvalue weighted by Crippen LogP contribution is 2.31. The fraction of sp³-hybridized carbons (Fsp3) is 0.217. The van der Waals surface area contributed by atoms with Crippen LogP contribution in [0.15, 0.2) is 56.9 Å². The van der Waals surface area contributed by atoms with Crippen molar-refractivity contribution in [1.29, 1.82) is 0 Å². The van der Waals surface area contributed by atoms with Crippen molar-refractivity contribution in [2.75, 3.05) is 5.32 Å². The quantitative estimate of drug-likeness (QED) is 0.494. The summed E-state index contributed by atoms with van der Waals surface area (Å²) in [6.45, 7) is 3.54. The van der Waals surface area contributed by atoms with Crippen LogP contribution in [0.4, 0.5) is 10.1 Å². The maximum Gasteiger partial charge on any atom is 0.291 e. The van der Waals surface area contributed by atoms with E-state index in [1.54, 1.807) is 32.0 Å². The lowest BCUT2D eigenvalue weighted by Gasteiger charge is -2.14. The molecular formula is C23H21ClFN3O4S. The van der Waals surface area contributed by atoms with Crippen molar-refractivity contribution in [2.24, 2.45) is 5.10 Å². The Kier molecular flexibility index (Phi) is 6.27. The maximum atomic E-state index is 13.1. The lowest BCUT2D eigenvalue weighted by Crippen LogP contribution is -2.22. The van der Waals surface area contributed by atoms with Crippen LogP contribution in [0.25, 0.3) is 0 Å². The number of aryl methyl sites for hydroxylation is 1. The normalized spacial score (nSPS) is 14.7. The molecule has 10 heteroatoms. The molecule has 0 bridgehead atoms. The van der Waals surface area contributed by atoms with E-state index in [2.05, 4.69) is 15.2 Å². The van der Waals surface area contributed by atoms with E-state index in [-0.39, 0.29) is 10.7 Å². The van der Waals surface area contributed by atoms with Gasteiger partial charge in [-0.3, -0.25) is 4.79 Å². The van der Waals surface area contributed by atoms with Crippen LogP contribution in [0.5, 0.6) is 0 Å². The lowest BCUT2D eigenvalue weighted by molar-refractivity contribution is 0.0994. The Bertz CT molecular complexity index is 1370. The number of amides is 1. The molecule has 2 N–H and O–H groups in total. The van der Waals surface area contributed by atoms with Crippen LogP contribution in [0, 0.1) is 19.7 Å². The van der Waals surface area contributed by atoms with Gasteiger partial charge in [-0.1, -0.05) is 17.7 Å². The number of nitrogens with zero attached hydrogens (tertiary/aromatic N) is 1. The number of benzene rings is 2. The summed E-state index contributed by atoms with van der Waals surface area (Å²) in [4.78, 5) is 15.0. The molecule has 0 fully saturated rings. The number of nitrogens with one attached hydrogen (secondary N) is 2. The molecule has 0 spiro atoms. The van der Waals surface area contributed by atoms with E-state index in [0.717, 1.165) is 29.8 Å². The number of carbonyl (C=O) groups is 1. The van der Waals surface area contributed by atoms with E-state index in [0.29, 0.717) is 52.6 Å². The van der Waals surface area contributed by atoms with Crippen molar-refractivity contribution in [3.8, 4) is 0 Å². The first-order valence-electron chi connectivity index (χ1n) is 10.2. The van der Waals surface area contributed by atoms with Gasteiger partial charge in [0.2, 0.25) is 0 Å². The molecule has 172 valence electrons. The van der Waals surface area contributed by atoms with Gasteiger partial charge in [-0.15, -0.1) is 0 Å². The van der Waals surface area contributed by atoms with Gasteiger partial charge in [0.1, 0.15) is 11.6 Å². The third-order valence-electron chi connectivity index (χ3n) is 5.47. The summed E-state index contributed by atoms with van der Waals surface area (Å²) in [5.74, 6) is -0.259. The fourth-order valence-electron chi connectivity index (χ4n) is 3.70. The monoisotopic (exact) mass is 489 g/mol. The van der Waals surface area contributed by atoms with Crippen LogP contribution in [0.2, 0.25) is 5.02 Å². The minimum atomic E-state index is -3.98. The summed E-state index contributed by atoms with van der Waals surface area (Å²) in [7, 11) is -3.98. The second-order valence-electron chi connectivity index (χ2n) is 7.68. The molecule has 0 radical (unpaired) electrons. The summed E-state index contributed by atoms with van der Waals surface area (Å²) in [5.41, 5.74) is 2.97. The minimum Gasteiger partial charge on any atom is -0.455 e. The van der Waals surface area contributed by atoms with Gasteiger partial charge in [-0.05, 0) is 68.7 Å². The summed E-state index contributed by atoms with van der Waals surface area (Å²) in [6, 6.07) is 9.66. The molecule has 7 nitrogen and oxygen atoms in total. The average Bonchev–Trinajstić information content (AvgIpc) is 3.13. The van der Waals surface area contributed by atoms with Gasteiger partial charge in [0.15, 0.2) is 5.76 Å². The first-order valence-corrected chi connectivity index (χ1v) is 12.1. The van der Waals surface area contributed by atoms with E-state index in [4.69, 9.17) is 16.0 Å². The van der Waals surface area contributed by atoms with Crippen molar-refractivity contribution >= 4 is 38.9 Å². The highest BCUT2D eigenvalue weighted by atomic mass is 35.5. The van der Waals surface area contributed by atoms with Crippen molar-refractivity contribution in [3.63, 3.8) is 0 Å². The van der Waals surface area contributed by atoms with Crippen LogP contribution in [-0.2, 0) is 16.4 Å². The predicted octanol–water partition coefficient (Wildman–Crippen LogP) is 4.96. The third kappa shape index (κ3) is 4.65. The molecular weight excluding hydrogens is 469 g/mol. The zero-order valence-corrected chi connectivity index (χ0v) is 19.5. The van der Waals surface area contributed by atoms with Crippen molar-refractivity contribution in [2.45, 2.75) is 38.0 Å². The van der Waals surface area contributed by atoms with Crippen molar-refractivity contribution < 1.29 is 22.0 Å². The topological polar surface area (TPSA) is 101 Å². The van der Waals surface area contributed by atoms with Gasteiger partial charge in [-0.25, -0.2) is 4.39 Å². The van der Waals surface area contributed by atoms with E-state index < -0.39 is 21.7 Å². The van der Waals surface area contributed by atoms with Gasteiger partial charge < -0.3 is 9.73 Å². The lowest BCUT2D eigenvalue weighted by atomic mass is 9.93. The van der Waals surface area contributed by atoms with E-state index in [1.165, 1.54) is 0 Å². The van der Waals surface area contributed by atoms with Crippen molar-refractivity contribution in [1.82, 2.24) is 4.83 Å². The smallest absolute Gasteiger partial charge is 0.291 e.